The van der Waals surface area contributed by atoms with Crippen LogP contribution in [0.25, 0.3) is 10.6 Å². The predicted octanol–water partition coefficient (Wildman–Crippen LogP) is 3.40. The van der Waals surface area contributed by atoms with E-state index in [0.29, 0.717) is 11.6 Å². The first-order valence-electron chi connectivity index (χ1n) is 8.77. The number of amides is 1. The summed E-state index contributed by atoms with van der Waals surface area (Å²) in [6, 6.07) is 9.10. The topological polar surface area (TPSA) is 112 Å². The lowest BCUT2D eigenvalue weighted by molar-refractivity contribution is -0.114. The minimum absolute atomic E-state index is 0.0348. The smallest absolute Gasteiger partial charge is 0.227 e. The van der Waals surface area contributed by atoms with Crippen molar-refractivity contribution in [3.8, 4) is 10.6 Å². The average Bonchev–Trinajstić information content (AvgIpc) is 3.01. The van der Waals surface area contributed by atoms with Gasteiger partial charge >= 0.3 is 0 Å². The van der Waals surface area contributed by atoms with Gasteiger partial charge in [-0.15, -0.1) is 0 Å². The highest BCUT2D eigenvalue weighted by atomic mass is 32.1. The Morgan fingerprint density at radius 3 is 2.79 bits per heavy atom. The molecule has 2 heterocycles. The molecule has 0 aliphatic rings. The number of anilines is 4. The van der Waals surface area contributed by atoms with Gasteiger partial charge in [0.1, 0.15) is 0 Å². The SMILES string of the molecule is CC(=O)Nc1cccc(Nc2nccc(-c3sc(NC(C)CO)nc3C)n2)c1. The minimum atomic E-state index is -0.129. The molecule has 4 N–H and O–H groups in total. The van der Waals surface area contributed by atoms with Crippen LogP contribution in [-0.4, -0.2) is 38.6 Å². The molecule has 8 nitrogen and oxygen atoms in total. The summed E-state index contributed by atoms with van der Waals surface area (Å²) in [6.07, 6.45) is 1.69. The average molecular weight is 398 g/mol. The van der Waals surface area contributed by atoms with Gasteiger partial charge in [0.05, 0.1) is 22.9 Å². The molecule has 3 rings (SSSR count). The quantitative estimate of drug-likeness (QED) is 0.482. The van der Waals surface area contributed by atoms with Crippen molar-refractivity contribution in [3.05, 3.63) is 42.2 Å². The maximum Gasteiger partial charge on any atom is 0.227 e. The van der Waals surface area contributed by atoms with Crippen LogP contribution in [0.2, 0.25) is 0 Å². The van der Waals surface area contributed by atoms with Crippen LogP contribution in [0.1, 0.15) is 19.5 Å². The Balaban J connectivity index is 1.80. The Hall–Kier alpha value is -3.04. The molecular weight excluding hydrogens is 376 g/mol. The summed E-state index contributed by atoms with van der Waals surface area (Å²) >= 11 is 1.48. The molecule has 0 saturated heterocycles. The monoisotopic (exact) mass is 398 g/mol. The summed E-state index contributed by atoms with van der Waals surface area (Å²) in [5.74, 6) is 0.319. The fourth-order valence-electron chi connectivity index (χ4n) is 2.50. The molecule has 2 aromatic heterocycles. The Bertz CT molecular complexity index is 975. The number of hydrogen-bond donors (Lipinski definition) is 4. The van der Waals surface area contributed by atoms with Crippen LogP contribution in [-0.2, 0) is 4.79 Å². The highest BCUT2D eigenvalue weighted by Crippen LogP contribution is 2.32. The molecule has 1 aromatic carbocycles. The summed E-state index contributed by atoms with van der Waals surface area (Å²) in [4.78, 5) is 25.5. The van der Waals surface area contributed by atoms with Gasteiger partial charge in [-0.05, 0) is 38.1 Å². The van der Waals surface area contributed by atoms with E-state index in [1.54, 1.807) is 6.20 Å². The number of aromatic nitrogens is 3. The van der Waals surface area contributed by atoms with Crippen molar-refractivity contribution < 1.29 is 9.90 Å². The van der Waals surface area contributed by atoms with Crippen LogP contribution in [0, 0.1) is 6.92 Å². The molecule has 1 atom stereocenters. The van der Waals surface area contributed by atoms with Crippen LogP contribution in [0.5, 0.6) is 0 Å². The summed E-state index contributed by atoms with van der Waals surface area (Å²) < 4.78 is 0. The molecule has 1 unspecified atom stereocenters. The largest absolute Gasteiger partial charge is 0.394 e. The van der Waals surface area contributed by atoms with Gasteiger partial charge in [-0.25, -0.2) is 15.0 Å². The van der Waals surface area contributed by atoms with E-state index in [2.05, 4.69) is 30.9 Å². The van der Waals surface area contributed by atoms with E-state index in [-0.39, 0.29) is 18.6 Å². The van der Waals surface area contributed by atoms with Gasteiger partial charge in [0, 0.05) is 30.5 Å². The zero-order chi connectivity index (χ0) is 20.1. The Kier molecular flexibility index (Phi) is 6.17. The number of carbonyl (C=O) groups excluding carboxylic acids is 1. The van der Waals surface area contributed by atoms with E-state index >= 15 is 0 Å². The predicted molar refractivity (Wildman–Crippen MR) is 112 cm³/mol. The van der Waals surface area contributed by atoms with Gasteiger partial charge in [-0.3, -0.25) is 4.79 Å². The van der Waals surface area contributed by atoms with E-state index in [1.807, 2.05) is 44.2 Å². The van der Waals surface area contributed by atoms with Crippen molar-refractivity contribution in [2.45, 2.75) is 26.8 Å². The van der Waals surface area contributed by atoms with Crippen LogP contribution in [0.3, 0.4) is 0 Å². The summed E-state index contributed by atoms with van der Waals surface area (Å²) in [7, 11) is 0. The first-order chi connectivity index (χ1) is 13.4. The molecule has 0 spiro atoms. The van der Waals surface area contributed by atoms with Crippen molar-refractivity contribution in [3.63, 3.8) is 0 Å². The van der Waals surface area contributed by atoms with Crippen molar-refractivity contribution in [2.24, 2.45) is 0 Å². The number of rotatable bonds is 7. The van der Waals surface area contributed by atoms with E-state index in [9.17, 15) is 9.90 Å². The third kappa shape index (κ3) is 5.02. The van der Waals surface area contributed by atoms with Crippen molar-refractivity contribution in [2.75, 3.05) is 22.6 Å². The van der Waals surface area contributed by atoms with Crippen LogP contribution in [0.15, 0.2) is 36.5 Å². The summed E-state index contributed by atoms with van der Waals surface area (Å²) in [6.45, 7) is 5.31. The zero-order valence-corrected chi connectivity index (χ0v) is 16.7. The maximum atomic E-state index is 11.2. The van der Waals surface area contributed by atoms with E-state index < -0.39 is 0 Å². The van der Waals surface area contributed by atoms with Gasteiger partial charge in [-0.2, -0.15) is 0 Å². The lowest BCUT2D eigenvalue weighted by atomic mass is 10.2. The number of aliphatic hydroxyl groups is 1. The van der Waals surface area contributed by atoms with E-state index in [0.717, 1.165) is 27.1 Å². The van der Waals surface area contributed by atoms with Gasteiger partial charge in [0.2, 0.25) is 11.9 Å². The second kappa shape index (κ2) is 8.77. The molecule has 0 aliphatic carbocycles. The number of aryl methyl sites for hydroxylation is 1. The Morgan fingerprint density at radius 2 is 2.04 bits per heavy atom. The number of carbonyl (C=O) groups is 1. The van der Waals surface area contributed by atoms with Gasteiger partial charge in [-0.1, -0.05) is 17.4 Å². The number of benzene rings is 1. The highest BCUT2D eigenvalue weighted by molar-refractivity contribution is 7.19. The molecular formula is C19H22N6O2S. The number of hydrogen-bond acceptors (Lipinski definition) is 8. The van der Waals surface area contributed by atoms with Gasteiger partial charge in [0.25, 0.3) is 0 Å². The van der Waals surface area contributed by atoms with Crippen LogP contribution in [0.4, 0.5) is 22.5 Å². The number of thiazole rings is 1. The minimum Gasteiger partial charge on any atom is -0.394 e. The summed E-state index contributed by atoms with van der Waals surface area (Å²) in [5.41, 5.74) is 3.08. The first-order valence-corrected chi connectivity index (χ1v) is 9.59. The third-order valence-corrected chi connectivity index (χ3v) is 4.88. The van der Waals surface area contributed by atoms with Gasteiger partial charge < -0.3 is 21.1 Å². The lowest BCUT2D eigenvalue weighted by Gasteiger charge is -2.08. The standard InChI is InChI=1S/C19H22N6O2S/c1-11(10-26)21-19-22-12(2)17(28-19)16-7-8-20-18(25-16)24-15-6-4-5-14(9-15)23-13(3)27/h4-9,11,26H,10H2,1-3H3,(H,21,22)(H,23,27)(H,20,24,25). The number of nitrogens with one attached hydrogen (secondary N) is 3. The molecule has 0 aliphatic heterocycles. The van der Waals surface area contributed by atoms with Gasteiger partial charge in [0.15, 0.2) is 5.13 Å². The first kappa shape index (κ1) is 19.7. The van der Waals surface area contributed by atoms with E-state index in [1.165, 1.54) is 18.3 Å². The fourth-order valence-corrected chi connectivity index (χ4v) is 3.55. The fraction of sp³-hybridized carbons (Fsp3) is 0.263. The number of aliphatic hydroxyl groups excluding tert-OH is 1. The zero-order valence-electron chi connectivity index (χ0n) is 15.9. The van der Waals surface area contributed by atoms with Crippen LogP contribution < -0.4 is 16.0 Å². The lowest BCUT2D eigenvalue weighted by Crippen LogP contribution is -2.18. The maximum absolute atomic E-state index is 11.2. The highest BCUT2D eigenvalue weighted by Gasteiger charge is 2.13. The van der Waals surface area contributed by atoms with Crippen LogP contribution >= 0.6 is 11.3 Å². The van der Waals surface area contributed by atoms with Crippen molar-refractivity contribution in [1.82, 2.24) is 15.0 Å². The third-order valence-electron chi connectivity index (χ3n) is 3.77. The van der Waals surface area contributed by atoms with E-state index in [4.69, 9.17) is 0 Å². The molecule has 0 radical (unpaired) electrons. The molecule has 0 saturated carbocycles. The van der Waals surface area contributed by atoms with Crippen molar-refractivity contribution in [1.29, 1.82) is 0 Å². The normalized spacial score (nSPS) is 11.7. The molecule has 1 amide bonds. The molecule has 3 aromatic rings. The molecule has 9 heteroatoms. The molecule has 0 fully saturated rings. The molecule has 146 valence electrons. The second-order valence-electron chi connectivity index (χ2n) is 6.31. The second-order valence-corrected chi connectivity index (χ2v) is 7.31. The van der Waals surface area contributed by atoms with Crippen molar-refractivity contribution >= 4 is 39.7 Å². The number of nitrogens with zero attached hydrogens (tertiary/aromatic N) is 3. The summed E-state index contributed by atoms with van der Waals surface area (Å²) in [5, 5.41) is 19.0. The Morgan fingerprint density at radius 1 is 1.25 bits per heavy atom. The molecule has 28 heavy (non-hydrogen) atoms. The molecule has 0 bridgehead atoms. The Labute approximate surface area is 167 Å².